The molecule has 0 spiro atoms. The molecule has 0 atom stereocenters. The van der Waals surface area contributed by atoms with Gasteiger partial charge >= 0.3 is 0 Å². The minimum absolute atomic E-state index is 0.284. The Balaban J connectivity index is 1.45. The monoisotopic (exact) mass is 514 g/mol. The Labute approximate surface area is 229 Å². The van der Waals surface area contributed by atoms with Crippen LogP contribution in [0.5, 0.6) is 0 Å². The molecule has 0 saturated heterocycles. The summed E-state index contributed by atoms with van der Waals surface area (Å²) in [5.41, 5.74) is 5.84. The zero-order valence-corrected chi connectivity index (χ0v) is 21.0. The number of fused-ring (bicyclic) bond motifs is 4. The van der Waals surface area contributed by atoms with E-state index in [4.69, 9.17) is 6.57 Å². The van der Waals surface area contributed by atoms with Crippen LogP contribution in [0.1, 0.15) is 26.3 Å². The fraction of sp³-hybridized carbons (Fsp3) is 0. The van der Waals surface area contributed by atoms with Crippen LogP contribution in [0, 0.1) is 17.9 Å². The number of nitrogens with zero attached hydrogens (tertiary/aromatic N) is 4. The number of nitriles is 1. The van der Waals surface area contributed by atoms with Crippen LogP contribution in [0.25, 0.3) is 43.5 Å². The smallest absolute Gasteiger partial charge is 0.268 e. The highest BCUT2D eigenvalue weighted by Gasteiger charge is 2.39. The predicted molar refractivity (Wildman–Crippen MR) is 155 cm³/mol. The van der Waals surface area contributed by atoms with Crippen molar-refractivity contribution in [3.8, 4) is 22.9 Å². The van der Waals surface area contributed by atoms with Gasteiger partial charge in [-0.1, -0.05) is 66.7 Å². The summed E-state index contributed by atoms with van der Waals surface area (Å²) in [4.78, 5) is 32.6. The van der Waals surface area contributed by atoms with Crippen molar-refractivity contribution in [2.24, 2.45) is 0 Å². The molecule has 1 aromatic heterocycles. The molecule has 7 rings (SSSR count). The molecule has 2 heterocycles. The van der Waals surface area contributed by atoms with Gasteiger partial charge in [0, 0.05) is 16.3 Å². The third kappa shape index (κ3) is 3.34. The summed E-state index contributed by atoms with van der Waals surface area (Å²) in [6.45, 7) is 7.54. The van der Waals surface area contributed by atoms with E-state index in [9.17, 15) is 14.9 Å². The summed E-state index contributed by atoms with van der Waals surface area (Å²) in [6.07, 6.45) is 0. The summed E-state index contributed by atoms with van der Waals surface area (Å²) in [5, 5.41) is 11.4. The molecule has 0 radical (unpaired) electrons. The van der Waals surface area contributed by atoms with E-state index in [0.717, 1.165) is 27.4 Å². The molecule has 5 aromatic carbocycles. The number of benzene rings is 5. The fourth-order valence-corrected chi connectivity index (χ4v) is 5.55. The minimum atomic E-state index is -0.423. The molecule has 6 aromatic rings. The van der Waals surface area contributed by atoms with E-state index < -0.39 is 11.8 Å². The molecule has 40 heavy (non-hydrogen) atoms. The molecule has 0 aliphatic carbocycles. The van der Waals surface area contributed by atoms with Crippen molar-refractivity contribution in [2.75, 3.05) is 4.90 Å². The van der Waals surface area contributed by atoms with Gasteiger partial charge in [0.1, 0.15) is 0 Å². The molecule has 0 bridgehead atoms. The molecule has 6 nitrogen and oxygen atoms in total. The number of amides is 2. The van der Waals surface area contributed by atoms with E-state index >= 15 is 0 Å². The Morgan fingerprint density at radius 1 is 0.700 bits per heavy atom. The van der Waals surface area contributed by atoms with E-state index in [1.54, 1.807) is 48.5 Å². The van der Waals surface area contributed by atoms with Crippen molar-refractivity contribution in [2.45, 2.75) is 0 Å². The maximum atomic E-state index is 14.1. The van der Waals surface area contributed by atoms with Crippen LogP contribution in [0.3, 0.4) is 0 Å². The van der Waals surface area contributed by atoms with Crippen molar-refractivity contribution in [1.29, 1.82) is 5.26 Å². The van der Waals surface area contributed by atoms with E-state index in [1.807, 2.05) is 65.2 Å². The van der Waals surface area contributed by atoms with Gasteiger partial charge in [0.05, 0.1) is 46.2 Å². The van der Waals surface area contributed by atoms with E-state index in [0.29, 0.717) is 33.7 Å². The van der Waals surface area contributed by atoms with Gasteiger partial charge in [-0.15, -0.1) is 0 Å². The number of rotatable bonds is 3. The lowest BCUT2D eigenvalue weighted by molar-refractivity contribution is 0.0926. The zero-order valence-electron chi connectivity index (χ0n) is 21.0. The second-order valence-corrected chi connectivity index (χ2v) is 9.55. The molecule has 186 valence electrons. The Bertz CT molecular complexity index is 2060. The van der Waals surface area contributed by atoms with Crippen LogP contribution in [-0.2, 0) is 0 Å². The summed E-state index contributed by atoms with van der Waals surface area (Å²) < 4.78 is 1.88. The van der Waals surface area contributed by atoms with Gasteiger partial charge in [0.15, 0.2) is 5.69 Å². The van der Waals surface area contributed by atoms with E-state index in [-0.39, 0.29) is 5.56 Å². The van der Waals surface area contributed by atoms with Crippen molar-refractivity contribution in [1.82, 2.24) is 4.57 Å². The minimum Gasteiger partial charge on any atom is -0.310 e. The Kier molecular flexibility index (Phi) is 5.10. The first-order valence-corrected chi connectivity index (χ1v) is 12.6. The highest BCUT2D eigenvalue weighted by molar-refractivity contribution is 6.36. The van der Waals surface area contributed by atoms with Gasteiger partial charge < -0.3 is 4.57 Å². The lowest BCUT2D eigenvalue weighted by Crippen LogP contribution is -2.29. The number of anilines is 1. The molecule has 0 saturated carbocycles. The Morgan fingerprint density at radius 2 is 1.43 bits per heavy atom. The van der Waals surface area contributed by atoms with Gasteiger partial charge in [-0.3, -0.25) is 9.59 Å². The summed E-state index contributed by atoms with van der Waals surface area (Å²) in [5.74, 6) is -0.819. The molecular weight excluding hydrogens is 496 g/mol. The van der Waals surface area contributed by atoms with E-state index in [2.05, 4.69) is 10.9 Å². The van der Waals surface area contributed by atoms with Crippen LogP contribution in [0.2, 0.25) is 0 Å². The van der Waals surface area contributed by atoms with Crippen molar-refractivity contribution in [3.63, 3.8) is 0 Å². The standard InChI is InChI=1S/C34H18N4O2/c1-36-24-14-16-27-26-15-13-21(20-35)17-30(26)38(31(27)19-24)29-12-6-11-28-32(29)34(40)37(33(28)39)25-10-5-9-23(18-25)22-7-3-2-4-8-22/h2-19H. The summed E-state index contributed by atoms with van der Waals surface area (Å²) in [7, 11) is 0. The van der Waals surface area contributed by atoms with Crippen LogP contribution in [-0.4, -0.2) is 16.4 Å². The number of imide groups is 1. The molecule has 0 unspecified atom stereocenters. The third-order valence-corrected chi connectivity index (χ3v) is 7.35. The van der Waals surface area contributed by atoms with Crippen molar-refractivity contribution >= 4 is 45.0 Å². The number of hydrogen-bond donors (Lipinski definition) is 0. The van der Waals surface area contributed by atoms with Crippen LogP contribution in [0.15, 0.2) is 109 Å². The Morgan fingerprint density at radius 3 is 2.20 bits per heavy atom. The average Bonchev–Trinajstić information content (AvgIpc) is 3.47. The summed E-state index contributed by atoms with van der Waals surface area (Å²) in [6, 6.07) is 35.4. The lowest BCUT2D eigenvalue weighted by Gasteiger charge is -2.16. The number of carbonyl (C=O) groups is 2. The number of hydrogen-bond acceptors (Lipinski definition) is 3. The normalized spacial score (nSPS) is 12.5. The first-order valence-electron chi connectivity index (χ1n) is 12.6. The van der Waals surface area contributed by atoms with Gasteiger partial charge in [0.25, 0.3) is 11.8 Å². The maximum absolute atomic E-state index is 14.1. The van der Waals surface area contributed by atoms with Gasteiger partial charge in [0.2, 0.25) is 0 Å². The topological polar surface area (TPSA) is 70.5 Å². The molecule has 6 heteroatoms. The molecular formula is C34H18N4O2. The van der Waals surface area contributed by atoms with Gasteiger partial charge in [-0.05, 0) is 53.6 Å². The molecule has 2 amide bonds. The van der Waals surface area contributed by atoms with Crippen LogP contribution in [0.4, 0.5) is 11.4 Å². The quantitative estimate of drug-likeness (QED) is 0.180. The van der Waals surface area contributed by atoms with Crippen LogP contribution >= 0.6 is 0 Å². The highest BCUT2D eigenvalue weighted by Crippen LogP contribution is 2.39. The maximum Gasteiger partial charge on any atom is 0.268 e. The predicted octanol–water partition coefficient (Wildman–Crippen LogP) is 7.67. The highest BCUT2D eigenvalue weighted by atomic mass is 16.2. The second kappa shape index (κ2) is 8.80. The lowest BCUT2D eigenvalue weighted by atomic mass is 10.0. The molecule has 0 fully saturated rings. The average molecular weight is 515 g/mol. The van der Waals surface area contributed by atoms with Gasteiger partial charge in [-0.2, -0.15) is 5.26 Å². The molecule has 1 aliphatic rings. The first-order chi connectivity index (χ1) is 19.6. The largest absolute Gasteiger partial charge is 0.310 e. The number of carbonyl (C=O) groups excluding carboxylic acids is 2. The first kappa shape index (κ1) is 23.2. The molecule has 1 aliphatic heterocycles. The summed E-state index contributed by atoms with van der Waals surface area (Å²) >= 11 is 0. The van der Waals surface area contributed by atoms with E-state index in [1.165, 1.54) is 4.90 Å². The zero-order chi connectivity index (χ0) is 27.4. The number of aromatic nitrogens is 1. The molecule has 0 N–H and O–H groups in total. The second-order valence-electron chi connectivity index (χ2n) is 9.55. The fourth-order valence-electron chi connectivity index (χ4n) is 5.55. The third-order valence-electron chi connectivity index (χ3n) is 7.35. The SMILES string of the molecule is [C-]#[N+]c1ccc2c3ccc(C#N)cc3n(-c3cccc4c3C(=O)N(c3cccc(-c5ccccc5)c3)C4=O)c2c1. The van der Waals surface area contributed by atoms with Crippen molar-refractivity contribution in [3.05, 3.63) is 137 Å². The van der Waals surface area contributed by atoms with Crippen molar-refractivity contribution < 1.29 is 9.59 Å². The Hall–Kier alpha value is -5.98. The van der Waals surface area contributed by atoms with Crippen LogP contribution < -0.4 is 4.90 Å². The van der Waals surface area contributed by atoms with Gasteiger partial charge in [-0.25, -0.2) is 9.74 Å².